The summed E-state index contributed by atoms with van der Waals surface area (Å²) in [6, 6.07) is 5.14. The molecule has 0 spiro atoms. The average molecular weight is 190 g/mol. The Morgan fingerprint density at radius 1 is 1.50 bits per heavy atom. The lowest BCUT2D eigenvalue weighted by atomic mass is 10.0. The molecule has 0 aliphatic rings. The Balaban J connectivity index is 3.03. The van der Waals surface area contributed by atoms with E-state index in [-0.39, 0.29) is 0 Å². The summed E-state index contributed by atoms with van der Waals surface area (Å²) in [6.07, 6.45) is 1.11. The fraction of sp³-hybridized carbons (Fsp3) is 0.222. The molecule has 14 heavy (non-hydrogen) atoms. The molecule has 0 bridgehead atoms. The second kappa shape index (κ2) is 3.81. The zero-order valence-corrected chi connectivity index (χ0v) is 7.78. The van der Waals surface area contributed by atoms with Crippen LogP contribution in [0.2, 0.25) is 0 Å². The maximum Gasteiger partial charge on any atom is 0.187 e. The SMILES string of the molecule is [B]C(O)(O)Nc1ccc(C)cc1C=N. The summed E-state index contributed by atoms with van der Waals surface area (Å²) in [5.74, 6) is -2.47. The predicted octanol–water partition coefficient (Wildman–Crippen LogP) is 0.169. The number of aliphatic hydroxyl groups is 2. The molecule has 0 aliphatic heterocycles. The van der Waals surface area contributed by atoms with Crippen LogP contribution in [0.4, 0.5) is 5.69 Å². The predicted molar refractivity (Wildman–Crippen MR) is 55.6 cm³/mol. The van der Waals surface area contributed by atoms with Gasteiger partial charge in [-0.1, -0.05) is 11.6 Å². The number of aryl methyl sites for hydroxylation is 1. The Morgan fingerprint density at radius 2 is 2.14 bits per heavy atom. The van der Waals surface area contributed by atoms with Crippen molar-refractivity contribution in [2.45, 2.75) is 12.7 Å². The van der Waals surface area contributed by atoms with E-state index in [1.54, 1.807) is 18.2 Å². The van der Waals surface area contributed by atoms with E-state index < -0.39 is 5.81 Å². The van der Waals surface area contributed by atoms with Gasteiger partial charge in [-0.25, -0.2) is 0 Å². The Morgan fingerprint density at radius 3 is 2.64 bits per heavy atom. The second-order valence-corrected chi connectivity index (χ2v) is 3.09. The van der Waals surface area contributed by atoms with Crippen LogP contribution >= 0.6 is 0 Å². The molecule has 1 aromatic carbocycles. The molecule has 1 aromatic rings. The molecule has 72 valence electrons. The Kier molecular flexibility index (Phi) is 2.93. The summed E-state index contributed by atoms with van der Waals surface area (Å²) in [6.45, 7) is 1.88. The van der Waals surface area contributed by atoms with Gasteiger partial charge in [0.2, 0.25) is 0 Å². The third-order valence-electron chi connectivity index (χ3n) is 1.68. The van der Waals surface area contributed by atoms with Crippen molar-refractivity contribution < 1.29 is 10.2 Å². The molecule has 4 nitrogen and oxygen atoms in total. The lowest BCUT2D eigenvalue weighted by Gasteiger charge is -2.21. The molecule has 0 fully saturated rings. The highest BCUT2D eigenvalue weighted by Crippen LogP contribution is 2.17. The number of hydrogen-bond donors (Lipinski definition) is 4. The van der Waals surface area contributed by atoms with Gasteiger partial charge in [-0.2, -0.15) is 0 Å². The van der Waals surface area contributed by atoms with Crippen LogP contribution in [-0.4, -0.2) is 30.1 Å². The third-order valence-corrected chi connectivity index (χ3v) is 1.68. The van der Waals surface area contributed by atoms with Crippen LogP contribution < -0.4 is 5.32 Å². The van der Waals surface area contributed by atoms with Crippen LogP contribution in [0.3, 0.4) is 0 Å². The number of rotatable bonds is 3. The highest BCUT2D eigenvalue weighted by Gasteiger charge is 2.14. The molecule has 4 N–H and O–H groups in total. The maximum absolute atomic E-state index is 8.91. The van der Waals surface area contributed by atoms with Gasteiger partial charge in [-0.05, 0) is 19.1 Å². The lowest BCUT2D eigenvalue weighted by molar-refractivity contribution is -0.0593. The first-order valence-corrected chi connectivity index (χ1v) is 4.05. The molecule has 0 saturated heterocycles. The maximum atomic E-state index is 8.91. The minimum Gasteiger partial charge on any atom is -0.358 e. The van der Waals surface area contributed by atoms with Crippen molar-refractivity contribution in [3.8, 4) is 0 Å². The van der Waals surface area contributed by atoms with E-state index in [1.807, 2.05) is 6.92 Å². The average Bonchev–Trinajstić information content (AvgIpc) is 2.06. The van der Waals surface area contributed by atoms with E-state index in [0.717, 1.165) is 11.8 Å². The normalized spacial score (nSPS) is 11.1. The van der Waals surface area contributed by atoms with Crippen LogP contribution in [0.5, 0.6) is 0 Å². The first kappa shape index (κ1) is 10.8. The van der Waals surface area contributed by atoms with Crippen LogP contribution in [0.25, 0.3) is 0 Å². The van der Waals surface area contributed by atoms with E-state index in [4.69, 9.17) is 23.5 Å². The van der Waals surface area contributed by atoms with Gasteiger partial charge in [0.05, 0.1) is 0 Å². The summed E-state index contributed by atoms with van der Waals surface area (Å²) >= 11 is 0. The zero-order chi connectivity index (χ0) is 10.8. The largest absolute Gasteiger partial charge is 0.358 e. The fourth-order valence-corrected chi connectivity index (χ4v) is 1.11. The summed E-state index contributed by atoms with van der Waals surface area (Å²) in [5.41, 5.74) is 1.92. The van der Waals surface area contributed by atoms with E-state index in [2.05, 4.69) is 5.32 Å². The van der Waals surface area contributed by atoms with Crippen LogP contribution in [0.1, 0.15) is 11.1 Å². The van der Waals surface area contributed by atoms with Crippen molar-refractivity contribution >= 4 is 19.7 Å². The number of anilines is 1. The molecule has 0 amide bonds. The highest BCUT2D eigenvalue weighted by atomic mass is 16.5. The van der Waals surface area contributed by atoms with E-state index >= 15 is 0 Å². The molecule has 0 heterocycles. The highest BCUT2D eigenvalue weighted by molar-refractivity contribution is 6.14. The van der Waals surface area contributed by atoms with Gasteiger partial charge in [0.15, 0.2) is 13.7 Å². The third kappa shape index (κ3) is 2.87. The van der Waals surface area contributed by atoms with E-state index in [9.17, 15) is 0 Å². The van der Waals surface area contributed by atoms with Crippen molar-refractivity contribution in [2.24, 2.45) is 0 Å². The molecule has 2 radical (unpaired) electrons. The quantitative estimate of drug-likeness (QED) is 0.311. The summed E-state index contributed by atoms with van der Waals surface area (Å²) < 4.78 is 0. The molecular formula is C9H11BN2O2. The summed E-state index contributed by atoms with van der Waals surface area (Å²) in [4.78, 5) is 0. The Labute approximate surface area is 83.5 Å². The minimum atomic E-state index is -2.47. The standard InChI is InChI=1S/C9H11BN2O2/c1-6-2-3-8(7(4-6)5-11)12-9(10,13)14/h2-5,11-14H,1H3. The smallest absolute Gasteiger partial charge is 0.187 e. The molecule has 0 aliphatic carbocycles. The number of benzene rings is 1. The van der Waals surface area contributed by atoms with Crippen LogP contribution in [0.15, 0.2) is 18.2 Å². The number of nitrogens with one attached hydrogen (secondary N) is 2. The molecule has 0 saturated carbocycles. The first-order valence-electron chi connectivity index (χ1n) is 4.05. The molecule has 0 aromatic heterocycles. The fourth-order valence-electron chi connectivity index (χ4n) is 1.11. The Hall–Kier alpha value is -1.33. The topological polar surface area (TPSA) is 76.3 Å². The lowest BCUT2D eigenvalue weighted by Crippen LogP contribution is -2.38. The van der Waals surface area contributed by atoms with Gasteiger partial charge in [0.25, 0.3) is 0 Å². The molecule has 0 unspecified atom stereocenters. The monoisotopic (exact) mass is 190 g/mol. The van der Waals surface area contributed by atoms with Gasteiger partial charge in [0, 0.05) is 17.5 Å². The van der Waals surface area contributed by atoms with Gasteiger partial charge < -0.3 is 20.9 Å². The molecular weight excluding hydrogens is 179 g/mol. The van der Waals surface area contributed by atoms with Crippen molar-refractivity contribution in [2.75, 3.05) is 5.32 Å². The van der Waals surface area contributed by atoms with Crippen molar-refractivity contribution in [3.05, 3.63) is 29.3 Å². The summed E-state index contributed by atoms with van der Waals surface area (Å²) in [5, 5.41) is 27.2. The van der Waals surface area contributed by atoms with Crippen molar-refractivity contribution in [3.63, 3.8) is 0 Å². The molecule has 1 rings (SSSR count). The van der Waals surface area contributed by atoms with Crippen molar-refractivity contribution in [1.82, 2.24) is 0 Å². The minimum absolute atomic E-state index is 0.401. The van der Waals surface area contributed by atoms with Gasteiger partial charge in [-0.3, -0.25) is 0 Å². The molecule has 0 atom stereocenters. The molecule has 5 heteroatoms. The first-order chi connectivity index (χ1) is 6.42. The number of hydrogen-bond acceptors (Lipinski definition) is 4. The Bertz CT molecular complexity index is 347. The second-order valence-electron chi connectivity index (χ2n) is 3.09. The van der Waals surface area contributed by atoms with Crippen LogP contribution in [0, 0.1) is 12.3 Å². The van der Waals surface area contributed by atoms with Gasteiger partial charge in [-0.15, -0.1) is 0 Å². The summed E-state index contributed by atoms with van der Waals surface area (Å²) in [7, 11) is 4.95. The zero-order valence-electron chi connectivity index (χ0n) is 7.78. The van der Waals surface area contributed by atoms with E-state index in [1.165, 1.54) is 0 Å². The van der Waals surface area contributed by atoms with Crippen LogP contribution in [-0.2, 0) is 0 Å². The van der Waals surface area contributed by atoms with Crippen molar-refractivity contribution in [1.29, 1.82) is 5.41 Å². The van der Waals surface area contributed by atoms with Gasteiger partial charge in [0.1, 0.15) is 0 Å². The van der Waals surface area contributed by atoms with Gasteiger partial charge >= 0.3 is 0 Å². The van der Waals surface area contributed by atoms with E-state index in [0.29, 0.717) is 11.3 Å².